The molecule has 0 radical (unpaired) electrons. The standard InChI is InChI=1S/C20H26F3N5OS.C2H6/c1-12(2)30-19(3,4)16-10-15(26-18(27-16)28-5-7-29-8-6-28)13-11-25-17(24)9-14(13)20(21,22)23;1-2/h9-12H,5-8H2,1-4H3,(H2,24,25);1-2H3. The summed E-state index contributed by atoms with van der Waals surface area (Å²) in [7, 11) is 0. The number of rotatable bonds is 5. The number of hydrogen-bond donors (Lipinski definition) is 1. The number of nitrogens with zero attached hydrogens (tertiary/aromatic N) is 4. The van der Waals surface area contributed by atoms with Gasteiger partial charge in [0.2, 0.25) is 5.95 Å². The summed E-state index contributed by atoms with van der Waals surface area (Å²) in [6.45, 7) is 14.4. The molecule has 1 saturated heterocycles. The summed E-state index contributed by atoms with van der Waals surface area (Å²) < 4.78 is 46.1. The van der Waals surface area contributed by atoms with Gasteiger partial charge in [-0.3, -0.25) is 0 Å². The Morgan fingerprint density at radius 2 is 1.72 bits per heavy atom. The van der Waals surface area contributed by atoms with E-state index in [2.05, 4.69) is 23.8 Å². The molecule has 3 heterocycles. The highest BCUT2D eigenvalue weighted by molar-refractivity contribution is 8.00. The van der Waals surface area contributed by atoms with E-state index < -0.39 is 16.5 Å². The van der Waals surface area contributed by atoms with Gasteiger partial charge in [0.15, 0.2) is 0 Å². The van der Waals surface area contributed by atoms with Crippen LogP contribution in [0.2, 0.25) is 0 Å². The summed E-state index contributed by atoms with van der Waals surface area (Å²) in [5, 5.41) is 0.314. The second-order valence-corrected chi connectivity index (χ2v) is 10.1. The Balaban J connectivity index is 0.00000176. The van der Waals surface area contributed by atoms with Crippen molar-refractivity contribution < 1.29 is 17.9 Å². The van der Waals surface area contributed by atoms with Gasteiger partial charge in [0.05, 0.1) is 34.9 Å². The molecule has 32 heavy (non-hydrogen) atoms. The summed E-state index contributed by atoms with van der Waals surface area (Å²) in [5.74, 6) is 0.206. The van der Waals surface area contributed by atoms with Crippen molar-refractivity contribution in [3.8, 4) is 11.3 Å². The Bertz CT molecular complexity index is 900. The molecule has 0 amide bonds. The summed E-state index contributed by atoms with van der Waals surface area (Å²) in [4.78, 5) is 15.0. The molecular weight excluding hydrogens is 439 g/mol. The maximum Gasteiger partial charge on any atom is 0.417 e. The third-order valence-corrected chi connectivity index (χ3v) is 5.93. The van der Waals surface area contributed by atoms with Gasteiger partial charge < -0.3 is 15.4 Å². The first-order valence-corrected chi connectivity index (χ1v) is 11.6. The van der Waals surface area contributed by atoms with Crippen molar-refractivity contribution in [2.24, 2.45) is 0 Å². The molecule has 6 nitrogen and oxygen atoms in total. The molecule has 1 aliphatic rings. The lowest BCUT2D eigenvalue weighted by molar-refractivity contribution is -0.137. The van der Waals surface area contributed by atoms with Crippen molar-refractivity contribution in [3.05, 3.63) is 29.6 Å². The molecule has 178 valence electrons. The lowest BCUT2D eigenvalue weighted by atomic mass is 10.0. The third kappa shape index (κ3) is 6.48. The van der Waals surface area contributed by atoms with Crippen LogP contribution >= 0.6 is 11.8 Å². The number of morpholine rings is 1. The smallest absolute Gasteiger partial charge is 0.384 e. The third-order valence-electron chi connectivity index (χ3n) is 4.66. The van der Waals surface area contributed by atoms with E-state index >= 15 is 0 Å². The van der Waals surface area contributed by atoms with Crippen LogP contribution in [0.5, 0.6) is 0 Å². The largest absolute Gasteiger partial charge is 0.417 e. The molecule has 2 N–H and O–H groups in total. The van der Waals surface area contributed by atoms with Crippen LogP contribution in [-0.4, -0.2) is 46.5 Å². The number of halogens is 3. The zero-order valence-corrected chi connectivity index (χ0v) is 20.3. The molecule has 0 saturated carbocycles. The Kier molecular flexibility index (Phi) is 8.75. The van der Waals surface area contributed by atoms with E-state index in [-0.39, 0.29) is 17.1 Å². The van der Waals surface area contributed by atoms with Crippen molar-refractivity contribution in [2.45, 2.75) is 57.7 Å². The SMILES string of the molecule is CC.CC(C)SC(C)(C)c1cc(-c2cnc(N)cc2C(F)(F)F)nc(N2CCOCC2)n1. The number of alkyl halides is 3. The van der Waals surface area contributed by atoms with Crippen LogP contribution in [0.25, 0.3) is 11.3 Å². The number of thioether (sulfide) groups is 1. The van der Waals surface area contributed by atoms with Gasteiger partial charge in [-0.25, -0.2) is 15.0 Å². The van der Waals surface area contributed by atoms with Crippen molar-refractivity contribution in [1.29, 1.82) is 0 Å². The summed E-state index contributed by atoms with van der Waals surface area (Å²) in [5.41, 5.74) is 5.41. The van der Waals surface area contributed by atoms with Crippen LogP contribution in [0, 0.1) is 0 Å². The van der Waals surface area contributed by atoms with Crippen LogP contribution in [0.3, 0.4) is 0 Å². The number of aromatic nitrogens is 3. The fraction of sp³-hybridized carbons (Fsp3) is 0.591. The van der Waals surface area contributed by atoms with Crippen LogP contribution in [0.15, 0.2) is 18.3 Å². The normalized spacial score (nSPS) is 14.9. The van der Waals surface area contributed by atoms with Crippen LogP contribution < -0.4 is 10.6 Å². The molecule has 2 aromatic rings. The fourth-order valence-electron chi connectivity index (χ4n) is 3.35. The number of anilines is 2. The first kappa shape index (κ1) is 26.2. The average Bonchev–Trinajstić information content (AvgIpc) is 2.74. The van der Waals surface area contributed by atoms with Gasteiger partial charge in [0, 0.05) is 24.8 Å². The highest BCUT2D eigenvalue weighted by atomic mass is 32.2. The van der Waals surface area contributed by atoms with E-state index in [9.17, 15) is 13.2 Å². The van der Waals surface area contributed by atoms with Crippen LogP contribution in [-0.2, 0) is 15.7 Å². The van der Waals surface area contributed by atoms with Crippen molar-refractivity contribution >= 4 is 23.5 Å². The number of ether oxygens (including phenoxy) is 1. The highest BCUT2D eigenvalue weighted by Crippen LogP contribution is 2.41. The van der Waals surface area contributed by atoms with Gasteiger partial charge >= 0.3 is 6.18 Å². The van der Waals surface area contributed by atoms with Gasteiger partial charge in [0.25, 0.3) is 0 Å². The van der Waals surface area contributed by atoms with E-state index in [4.69, 9.17) is 15.5 Å². The van der Waals surface area contributed by atoms with Crippen LogP contribution in [0.1, 0.15) is 52.8 Å². The molecule has 10 heteroatoms. The maximum atomic E-state index is 13.7. The molecule has 3 rings (SSSR count). The van der Waals surface area contributed by atoms with Gasteiger partial charge in [-0.2, -0.15) is 13.2 Å². The van der Waals surface area contributed by atoms with E-state index in [1.807, 2.05) is 32.6 Å². The Hall–Kier alpha value is -2.07. The predicted molar refractivity (Wildman–Crippen MR) is 125 cm³/mol. The monoisotopic (exact) mass is 471 g/mol. The number of nitrogens with two attached hydrogens (primary N) is 1. The molecule has 0 bridgehead atoms. The molecule has 2 aromatic heterocycles. The lowest BCUT2D eigenvalue weighted by Gasteiger charge is -2.30. The Morgan fingerprint density at radius 1 is 1.09 bits per heavy atom. The first-order chi connectivity index (χ1) is 15.0. The molecule has 1 aliphatic heterocycles. The number of hydrogen-bond acceptors (Lipinski definition) is 7. The van der Waals surface area contributed by atoms with Gasteiger partial charge in [-0.1, -0.05) is 27.7 Å². The van der Waals surface area contributed by atoms with E-state index in [0.29, 0.717) is 43.2 Å². The molecule has 0 aromatic carbocycles. The lowest BCUT2D eigenvalue weighted by Crippen LogP contribution is -2.38. The zero-order valence-electron chi connectivity index (χ0n) is 19.5. The van der Waals surface area contributed by atoms with Crippen molar-refractivity contribution in [1.82, 2.24) is 15.0 Å². The Morgan fingerprint density at radius 3 is 2.28 bits per heavy atom. The molecular formula is C22H32F3N5OS. The Labute approximate surface area is 192 Å². The number of pyridine rings is 1. The molecule has 0 spiro atoms. The molecule has 0 aliphatic carbocycles. The van der Waals surface area contributed by atoms with Crippen LogP contribution in [0.4, 0.5) is 24.9 Å². The molecule has 0 unspecified atom stereocenters. The molecule has 0 atom stereocenters. The van der Waals surface area contributed by atoms with Gasteiger partial charge in [0.1, 0.15) is 5.82 Å². The minimum absolute atomic E-state index is 0.111. The first-order valence-electron chi connectivity index (χ1n) is 10.7. The highest BCUT2D eigenvalue weighted by Gasteiger charge is 2.36. The quantitative estimate of drug-likeness (QED) is 0.627. The van der Waals surface area contributed by atoms with Crippen molar-refractivity contribution in [2.75, 3.05) is 36.9 Å². The maximum absolute atomic E-state index is 13.7. The fourth-order valence-corrected chi connectivity index (χ4v) is 4.75. The summed E-state index contributed by atoms with van der Waals surface area (Å²) in [6.07, 6.45) is -3.45. The van der Waals surface area contributed by atoms with Gasteiger partial charge in [-0.15, -0.1) is 11.8 Å². The van der Waals surface area contributed by atoms with E-state index in [0.717, 1.165) is 12.3 Å². The summed E-state index contributed by atoms with van der Waals surface area (Å²) >= 11 is 1.69. The molecule has 1 fully saturated rings. The topological polar surface area (TPSA) is 77.2 Å². The minimum atomic E-state index is -4.58. The van der Waals surface area contributed by atoms with Crippen molar-refractivity contribution in [3.63, 3.8) is 0 Å². The second kappa shape index (κ2) is 10.7. The summed E-state index contributed by atoms with van der Waals surface area (Å²) in [6, 6.07) is 2.47. The van der Waals surface area contributed by atoms with E-state index in [1.165, 1.54) is 0 Å². The predicted octanol–water partition coefficient (Wildman–Crippen LogP) is 5.38. The minimum Gasteiger partial charge on any atom is -0.384 e. The zero-order chi connectivity index (χ0) is 24.1. The van der Waals surface area contributed by atoms with Gasteiger partial charge in [-0.05, 0) is 31.2 Å². The average molecular weight is 472 g/mol. The van der Waals surface area contributed by atoms with E-state index in [1.54, 1.807) is 17.8 Å². The second-order valence-electron chi connectivity index (χ2n) is 7.87. The number of nitrogen functional groups attached to an aromatic ring is 1.